The van der Waals surface area contributed by atoms with Crippen LogP contribution in [0, 0.1) is 10.1 Å². The number of nitro benzene ring substituents is 1. The fourth-order valence-electron chi connectivity index (χ4n) is 5.17. The predicted octanol–water partition coefficient (Wildman–Crippen LogP) is 4.16. The van der Waals surface area contributed by atoms with Gasteiger partial charge in [-0.3, -0.25) is 15.0 Å². The Balaban J connectivity index is 1.67. The Morgan fingerprint density at radius 1 is 1.11 bits per heavy atom. The molecule has 2 aliphatic rings. The molecule has 1 saturated heterocycles. The average Bonchev–Trinajstić information content (AvgIpc) is 3.30. The van der Waals surface area contributed by atoms with Crippen LogP contribution in [0.2, 0.25) is 0 Å². The van der Waals surface area contributed by atoms with E-state index in [-0.39, 0.29) is 23.4 Å². The summed E-state index contributed by atoms with van der Waals surface area (Å²) >= 11 is 0. The zero-order chi connectivity index (χ0) is 27.4. The molecule has 10 heteroatoms. The Hall–Kier alpha value is -4.05. The molecule has 2 aromatic carbocycles. The molecule has 38 heavy (non-hydrogen) atoms. The topological polar surface area (TPSA) is 111 Å². The molecular weight excluding hydrogens is 493 g/mol. The van der Waals surface area contributed by atoms with Crippen LogP contribution in [0.5, 0.6) is 0 Å². The second-order valence-electron chi connectivity index (χ2n) is 9.63. The summed E-state index contributed by atoms with van der Waals surface area (Å²) in [4.78, 5) is 39.5. The minimum atomic E-state index is -1.35. The number of methoxy groups -OCH3 is 1. The molecule has 2 aromatic rings. The summed E-state index contributed by atoms with van der Waals surface area (Å²) in [5.41, 5.74) is 0.912. The van der Waals surface area contributed by atoms with Crippen LogP contribution in [0.4, 0.5) is 10.1 Å². The maximum absolute atomic E-state index is 14.5. The molecule has 1 N–H and O–H groups in total. The monoisotopic (exact) mass is 523 g/mol. The smallest absolute Gasteiger partial charge is 0.337 e. The summed E-state index contributed by atoms with van der Waals surface area (Å²) in [5.74, 6) is -2.49. The van der Waals surface area contributed by atoms with Crippen molar-refractivity contribution in [1.29, 1.82) is 0 Å². The zero-order valence-electron chi connectivity index (χ0n) is 21.5. The lowest BCUT2D eigenvalue weighted by Gasteiger charge is -2.33. The Kier molecular flexibility index (Phi) is 7.91. The van der Waals surface area contributed by atoms with Gasteiger partial charge in [-0.1, -0.05) is 42.5 Å². The van der Waals surface area contributed by atoms with Gasteiger partial charge in [0.25, 0.3) is 5.69 Å². The van der Waals surface area contributed by atoms with Crippen molar-refractivity contribution in [3.8, 4) is 0 Å². The lowest BCUT2D eigenvalue weighted by molar-refractivity contribution is -0.384. The molecule has 0 saturated carbocycles. The number of likely N-dealkylation sites (tertiary alicyclic amines) is 1. The summed E-state index contributed by atoms with van der Waals surface area (Å²) in [6.45, 7) is 3.78. The van der Waals surface area contributed by atoms with E-state index in [0.717, 1.165) is 5.56 Å². The first-order valence-electron chi connectivity index (χ1n) is 12.2. The number of nitro groups is 1. The van der Waals surface area contributed by atoms with Gasteiger partial charge in [-0.25, -0.2) is 14.0 Å². The van der Waals surface area contributed by atoms with Gasteiger partial charge in [0.05, 0.1) is 29.1 Å². The number of rotatable bonds is 8. The minimum absolute atomic E-state index is 0.0748. The van der Waals surface area contributed by atoms with Crippen LogP contribution >= 0.6 is 0 Å². The standard InChI is InChI=1S/C28H30FN3O6/c1-18-23(26(33)37-3)25(21-10-7-11-22(14-21)32(35)36)24(19(2)30-18)27(34)38-28(16-29)12-13-31(17-28)15-20-8-5-4-6-9-20/h4-11,14,25,30H,12-13,15-17H2,1-3H3/t25-,28-/m1/s1. The van der Waals surface area contributed by atoms with Gasteiger partial charge in [0.1, 0.15) is 6.67 Å². The third-order valence-electron chi connectivity index (χ3n) is 7.00. The lowest BCUT2D eigenvalue weighted by atomic mass is 9.80. The van der Waals surface area contributed by atoms with Gasteiger partial charge in [-0.15, -0.1) is 0 Å². The average molecular weight is 524 g/mol. The summed E-state index contributed by atoms with van der Waals surface area (Å²) in [6, 6.07) is 15.5. The van der Waals surface area contributed by atoms with Crippen LogP contribution < -0.4 is 5.32 Å². The second-order valence-corrected chi connectivity index (χ2v) is 9.63. The van der Waals surface area contributed by atoms with E-state index in [1.807, 2.05) is 35.2 Å². The zero-order valence-corrected chi connectivity index (χ0v) is 21.5. The highest BCUT2D eigenvalue weighted by Crippen LogP contribution is 2.41. The fourth-order valence-corrected chi connectivity index (χ4v) is 5.17. The van der Waals surface area contributed by atoms with Gasteiger partial charge in [0.15, 0.2) is 5.60 Å². The summed E-state index contributed by atoms with van der Waals surface area (Å²) in [7, 11) is 1.22. The molecule has 4 rings (SSSR count). The van der Waals surface area contributed by atoms with E-state index in [0.29, 0.717) is 36.5 Å². The van der Waals surface area contributed by atoms with Crippen molar-refractivity contribution in [1.82, 2.24) is 10.2 Å². The largest absolute Gasteiger partial charge is 0.466 e. The number of nitrogens with one attached hydrogen (secondary N) is 1. The Labute approximate surface area is 220 Å². The van der Waals surface area contributed by atoms with E-state index in [1.165, 1.54) is 25.3 Å². The van der Waals surface area contributed by atoms with Crippen LogP contribution in [0.15, 0.2) is 77.1 Å². The minimum Gasteiger partial charge on any atom is -0.466 e. The lowest BCUT2D eigenvalue weighted by Crippen LogP contribution is -2.42. The molecule has 2 heterocycles. The number of carbonyl (C=O) groups excluding carboxylic acids is 2. The van der Waals surface area contributed by atoms with Gasteiger partial charge in [-0.05, 0) is 25.0 Å². The number of ether oxygens (including phenoxy) is 2. The number of hydrogen-bond donors (Lipinski definition) is 1. The van der Waals surface area contributed by atoms with Crippen LogP contribution in [-0.4, -0.2) is 54.2 Å². The van der Waals surface area contributed by atoms with E-state index >= 15 is 0 Å². The molecule has 9 nitrogen and oxygen atoms in total. The third kappa shape index (κ3) is 5.45. The molecular formula is C28H30FN3O6. The van der Waals surface area contributed by atoms with E-state index in [9.17, 15) is 24.1 Å². The molecule has 2 atom stereocenters. The van der Waals surface area contributed by atoms with E-state index in [1.54, 1.807) is 19.9 Å². The van der Waals surface area contributed by atoms with Gasteiger partial charge < -0.3 is 14.8 Å². The van der Waals surface area contributed by atoms with Crippen molar-refractivity contribution in [3.05, 3.63) is 98.4 Å². The molecule has 1 fully saturated rings. The van der Waals surface area contributed by atoms with Crippen molar-refractivity contribution < 1.29 is 28.4 Å². The number of benzene rings is 2. The SMILES string of the molecule is COC(=O)C1=C(C)NC(C)=C(C(=O)O[C@@]2(CF)CCN(Cc3ccccc3)C2)[C@@H]1c1cccc([N+](=O)[O-])c1. The molecule has 0 unspecified atom stereocenters. The van der Waals surface area contributed by atoms with Gasteiger partial charge in [-0.2, -0.15) is 0 Å². The molecule has 0 aliphatic carbocycles. The molecule has 0 aromatic heterocycles. The van der Waals surface area contributed by atoms with Gasteiger partial charge in [0, 0.05) is 49.6 Å². The number of allylic oxidation sites excluding steroid dienone is 2. The van der Waals surface area contributed by atoms with E-state index in [4.69, 9.17) is 9.47 Å². The van der Waals surface area contributed by atoms with Crippen LogP contribution in [-0.2, 0) is 25.6 Å². The maximum atomic E-state index is 14.5. The summed E-state index contributed by atoms with van der Waals surface area (Å²) in [5, 5.41) is 14.5. The summed E-state index contributed by atoms with van der Waals surface area (Å²) in [6.07, 6.45) is 0.308. The van der Waals surface area contributed by atoms with E-state index in [2.05, 4.69) is 5.32 Å². The maximum Gasteiger partial charge on any atom is 0.337 e. The first kappa shape index (κ1) is 27.0. The molecule has 200 valence electrons. The van der Waals surface area contributed by atoms with Crippen molar-refractivity contribution >= 4 is 17.6 Å². The summed E-state index contributed by atoms with van der Waals surface area (Å²) < 4.78 is 25.4. The number of dihydropyridines is 1. The highest BCUT2D eigenvalue weighted by molar-refractivity contribution is 6.00. The first-order chi connectivity index (χ1) is 18.2. The third-order valence-corrected chi connectivity index (χ3v) is 7.00. The highest BCUT2D eigenvalue weighted by atomic mass is 19.1. The number of nitrogens with zero attached hydrogens (tertiary/aromatic N) is 2. The molecule has 0 amide bonds. The van der Waals surface area contributed by atoms with Crippen molar-refractivity contribution in [2.24, 2.45) is 0 Å². The highest BCUT2D eigenvalue weighted by Gasteiger charge is 2.45. The molecule has 0 radical (unpaired) electrons. The normalized spacial score (nSPS) is 21.7. The van der Waals surface area contributed by atoms with E-state index < -0.39 is 35.1 Å². The second kappa shape index (κ2) is 11.1. The Morgan fingerprint density at radius 3 is 2.42 bits per heavy atom. The first-order valence-corrected chi connectivity index (χ1v) is 12.2. The van der Waals surface area contributed by atoms with Crippen molar-refractivity contribution in [3.63, 3.8) is 0 Å². The number of hydrogen-bond acceptors (Lipinski definition) is 8. The Morgan fingerprint density at radius 2 is 1.79 bits per heavy atom. The number of carbonyl (C=O) groups is 2. The molecule has 0 spiro atoms. The van der Waals surface area contributed by atoms with Gasteiger partial charge in [0.2, 0.25) is 0 Å². The van der Waals surface area contributed by atoms with Crippen LogP contribution in [0.25, 0.3) is 0 Å². The fraction of sp³-hybridized carbons (Fsp3) is 0.357. The Bertz CT molecular complexity index is 1310. The number of esters is 2. The predicted molar refractivity (Wildman–Crippen MR) is 138 cm³/mol. The van der Waals surface area contributed by atoms with Crippen LogP contribution in [0.3, 0.4) is 0 Å². The number of halogens is 1. The van der Waals surface area contributed by atoms with Crippen molar-refractivity contribution in [2.75, 3.05) is 26.9 Å². The molecule has 2 aliphatic heterocycles. The molecule has 0 bridgehead atoms. The van der Waals surface area contributed by atoms with Crippen molar-refractivity contribution in [2.45, 2.75) is 38.3 Å². The van der Waals surface area contributed by atoms with Gasteiger partial charge >= 0.3 is 11.9 Å². The number of alkyl halides is 1. The number of non-ortho nitro benzene ring substituents is 1. The van der Waals surface area contributed by atoms with Crippen LogP contribution in [0.1, 0.15) is 37.3 Å². The quantitative estimate of drug-likeness (QED) is 0.312.